The van der Waals surface area contributed by atoms with Crippen LogP contribution in [0.25, 0.3) is 0 Å². The molecular weight excluding hydrogens is 304 g/mol. The topological polar surface area (TPSA) is 58.6 Å². The van der Waals surface area contributed by atoms with E-state index in [-0.39, 0.29) is 17.7 Å². The Hall–Kier alpha value is -2.30. The fourth-order valence-corrected chi connectivity index (χ4v) is 2.43. The van der Waals surface area contributed by atoms with Gasteiger partial charge in [0.25, 0.3) is 5.91 Å². The van der Waals surface area contributed by atoms with Crippen molar-refractivity contribution in [2.75, 3.05) is 20.2 Å². The fourth-order valence-electron chi connectivity index (χ4n) is 2.43. The summed E-state index contributed by atoms with van der Waals surface area (Å²) in [4.78, 5) is 27.1. The summed E-state index contributed by atoms with van der Waals surface area (Å²) in [5.41, 5.74) is 1.32. The van der Waals surface area contributed by atoms with Crippen molar-refractivity contribution in [3.8, 4) is 5.75 Å². The lowest BCUT2D eigenvalue weighted by Gasteiger charge is -2.29. The first kappa shape index (κ1) is 19.7. The van der Waals surface area contributed by atoms with Crippen LogP contribution in [0.15, 0.2) is 36.4 Å². The van der Waals surface area contributed by atoms with Gasteiger partial charge in [-0.25, -0.2) is 0 Å². The van der Waals surface area contributed by atoms with E-state index in [1.165, 1.54) is 7.11 Å². The number of amides is 2. The van der Waals surface area contributed by atoms with Gasteiger partial charge in [0.2, 0.25) is 5.91 Å². The summed E-state index contributed by atoms with van der Waals surface area (Å²) in [6.07, 6.45) is 0. The molecule has 0 aliphatic carbocycles. The first-order chi connectivity index (χ1) is 11.3. The highest BCUT2D eigenvalue weighted by molar-refractivity contribution is 5.99. The van der Waals surface area contributed by atoms with Crippen molar-refractivity contribution in [1.29, 1.82) is 0 Å². The maximum absolute atomic E-state index is 12.8. The zero-order valence-electron chi connectivity index (χ0n) is 15.3. The van der Waals surface area contributed by atoms with E-state index in [4.69, 9.17) is 4.74 Å². The average Bonchev–Trinajstić information content (AvgIpc) is 2.56. The summed E-state index contributed by atoms with van der Waals surface area (Å²) in [6.45, 7) is 12.6. The maximum atomic E-state index is 12.8. The number of likely N-dealkylation sites (N-methyl/N-ethyl adjacent to an activating group) is 1. The van der Waals surface area contributed by atoms with E-state index < -0.39 is 6.04 Å². The number of carbonyl (C=O) groups is 2. The smallest absolute Gasteiger partial charge is 0.255 e. The standard InChI is InChI=1S/C19H28N2O3/c1-7-21(12-13(2)3)19(23)17(14(4)5)20-18(22)15-10-8-9-11-16(15)24-6/h8-11,14,17H,2,7,12H2,1,3-6H3,(H,20,22). The van der Waals surface area contributed by atoms with Gasteiger partial charge < -0.3 is 15.0 Å². The SMILES string of the molecule is C=C(C)CN(CC)C(=O)C(NC(=O)c1ccccc1OC)C(C)C. The summed E-state index contributed by atoms with van der Waals surface area (Å²) in [7, 11) is 1.52. The molecule has 0 saturated heterocycles. The zero-order valence-corrected chi connectivity index (χ0v) is 15.3. The molecule has 0 fully saturated rings. The lowest BCUT2D eigenvalue weighted by molar-refractivity contribution is -0.133. The third-order valence-electron chi connectivity index (χ3n) is 3.73. The van der Waals surface area contributed by atoms with E-state index in [2.05, 4.69) is 11.9 Å². The number of hydrogen-bond donors (Lipinski definition) is 1. The number of ether oxygens (including phenoxy) is 1. The molecule has 5 nitrogen and oxygen atoms in total. The number of carbonyl (C=O) groups excluding carboxylic acids is 2. The molecule has 1 aromatic rings. The van der Waals surface area contributed by atoms with Crippen LogP contribution in [0, 0.1) is 5.92 Å². The molecule has 1 rings (SSSR count). The minimum atomic E-state index is -0.596. The number of rotatable bonds is 8. The largest absolute Gasteiger partial charge is 0.496 e. The maximum Gasteiger partial charge on any atom is 0.255 e. The van der Waals surface area contributed by atoms with Crippen LogP contribution in [0.3, 0.4) is 0 Å². The number of nitrogens with one attached hydrogen (secondary N) is 1. The van der Waals surface area contributed by atoms with Crippen molar-refractivity contribution in [3.05, 3.63) is 42.0 Å². The Morgan fingerprint density at radius 3 is 2.42 bits per heavy atom. The molecule has 1 N–H and O–H groups in total. The molecule has 1 unspecified atom stereocenters. The van der Waals surface area contributed by atoms with E-state index in [0.717, 1.165) is 5.57 Å². The lowest BCUT2D eigenvalue weighted by atomic mass is 10.0. The van der Waals surface area contributed by atoms with Crippen molar-refractivity contribution < 1.29 is 14.3 Å². The van der Waals surface area contributed by atoms with Crippen molar-refractivity contribution >= 4 is 11.8 Å². The highest BCUT2D eigenvalue weighted by Gasteiger charge is 2.29. The number of para-hydroxylation sites is 1. The molecule has 0 aromatic heterocycles. The van der Waals surface area contributed by atoms with Crippen molar-refractivity contribution in [1.82, 2.24) is 10.2 Å². The first-order valence-electron chi connectivity index (χ1n) is 8.18. The molecule has 1 atom stereocenters. The van der Waals surface area contributed by atoms with Gasteiger partial charge in [-0.1, -0.05) is 38.1 Å². The van der Waals surface area contributed by atoms with Gasteiger partial charge in [-0.15, -0.1) is 0 Å². The Labute approximate surface area is 144 Å². The predicted octanol–water partition coefficient (Wildman–Crippen LogP) is 2.87. The number of hydrogen-bond acceptors (Lipinski definition) is 3. The summed E-state index contributed by atoms with van der Waals surface area (Å²) in [6, 6.07) is 6.37. The van der Waals surface area contributed by atoms with E-state index >= 15 is 0 Å². The third-order valence-corrected chi connectivity index (χ3v) is 3.73. The monoisotopic (exact) mass is 332 g/mol. The summed E-state index contributed by atoms with van der Waals surface area (Å²) in [5.74, 6) is 0.0409. The summed E-state index contributed by atoms with van der Waals surface area (Å²) >= 11 is 0. The Balaban J connectivity index is 2.98. The van der Waals surface area contributed by atoms with Gasteiger partial charge in [0.1, 0.15) is 11.8 Å². The molecule has 24 heavy (non-hydrogen) atoms. The Bertz CT molecular complexity index is 596. The Morgan fingerprint density at radius 2 is 1.92 bits per heavy atom. The second-order valence-electron chi connectivity index (χ2n) is 6.20. The average molecular weight is 332 g/mol. The zero-order chi connectivity index (χ0) is 18.3. The van der Waals surface area contributed by atoms with Crippen LogP contribution in [0.4, 0.5) is 0 Å². The predicted molar refractivity (Wildman–Crippen MR) is 96.2 cm³/mol. The molecule has 1 aromatic carbocycles. The van der Waals surface area contributed by atoms with Crippen molar-refractivity contribution in [2.45, 2.75) is 33.7 Å². The molecule has 2 amide bonds. The molecule has 0 heterocycles. The lowest BCUT2D eigenvalue weighted by Crippen LogP contribution is -2.51. The molecule has 0 spiro atoms. The summed E-state index contributed by atoms with van der Waals surface area (Å²) in [5, 5.41) is 2.86. The van der Waals surface area contributed by atoms with Crippen LogP contribution in [-0.4, -0.2) is 43.0 Å². The van der Waals surface area contributed by atoms with Crippen LogP contribution < -0.4 is 10.1 Å². The van der Waals surface area contributed by atoms with E-state index in [9.17, 15) is 9.59 Å². The van der Waals surface area contributed by atoms with Gasteiger partial charge in [-0.2, -0.15) is 0 Å². The van der Waals surface area contributed by atoms with Gasteiger partial charge in [-0.3, -0.25) is 9.59 Å². The molecule has 0 radical (unpaired) electrons. The van der Waals surface area contributed by atoms with Gasteiger partial charge in [0.15, 0.2) is 0 Å². The molecule has 0 aliphatic rings. The molecule has 0 saturated carbocycles. The summed E-state index contributed by atoms with van der Waals surface area (Å²) < 4.78 is 5.22. The van der Waals surface area contributed by atoms with E-state index in [0.29, 0.717) is 24.4 Å². The Kier molecular flexibility index (Phi) is 7.49. The van der Waals surface area contributed by atoms with Gasteiger partial charge in [0.05, 0.1) is 12.7 Å². The first-order valence-corrected chi connectivity index (χ1v) is 8.18. The normalized spacial score (nSPS) is 11.8. The number of benzene rings is 1. The molecule has 0 bridgehead atoms. The van der Waals surface area contributed by atoms with Crippen LogP contribution in [0.2, 0.25) is 0 Å². The minimum absolute atomic E-state index is 0.0321. The fraction of sp³-hybridized carbons (Fsp3) is 0.474. The minimum Gasteiger partial charge on any atom is -0.496 e. The Morgan fingerprint density at radius 1 is 1.29 bits per heavy atom. The molecule has 132 valence electrons. The van der Waals surface area contributed by atoms with Crippen LogP contribution in [0.1, 0.15) is 38.1 Å². The van der Waals surface area contributed by atoms with Crippen LogP contribution in [-0.2, 0) is 4.79 Å². The highest BCUT2D eigenvalue weighted by atomic mass is 16.5. The number of methoxy groups -OCH3 is 1. The van der Waals surface area contributed by atoms with Crippen molar-refractivity contribution in [2.24, 2.45) is 5.92 Å². The van der Waals surface area contributed by atoms with E-state index in [1.54, 1.807) is 29.2 Å². The van der Waals surface area contributed by atoms with Gasteiger partial charge in [0, 0.05) is 13.1 Å². The van der Waals surface area contributed by atoms with Crippen molar-refractivity contribution in [3.63, 3.8) is 0 Å². The molecular formula is C19H28N2O3. The molecule has 0 aliphatic heterocycles. The van der Waals surface area contributed by atoms with E-state index in [1.807, 2.05) is 27.7 Å². The molecule has 5 heteroatoms. The second-order valence-corrected chi connectivity index (χ2v) is 6.20. The van der Waals surface area contributed by atoms with Crippen LogP contribution >= 0.6 is 0 Å². The quantitative estimate of drug-likeness (QED) is 0.745. The third kappa shape index (κ3) is 5.11. The number of nitrogens with zero attached hydrogens (tertiary/aromatic N) is 1. The van der Waals surface area contributed by atoms with Gasteiger partial charge >= 0.3 is 0 Å². The van der Waals surface area contributed by atoms with Gasteiger partial charge in [-0.05, 0) is 31.9 Å². The second kappa shape index (κ2) is 9.11. The van der Waals surface area contributed by atoms with Crippen LogP contribution in [0.5, 0.6) is 5.75 Å². The highest BCUT2D eigenvalue weighted by Crippen LogP contribution is 2.18.